The Kier molecular flexibility index (Phi) is 7.86. The fourth-order valence-corrected chi connectivity index (χ4v) is 5.07. The first kappa shape index (κ1) is 25.9. The van der Waals surface area contributed by atoms with Crippen LogP contribution in [-0.2, 0) is 16.0 Å². The lowest BCUT2D eigenvalue weighted by molar-refractivity contribution is -0.156. The molecule has 37 heavy (non-hydrogen) atoms. The molecule has 1 unspecified atom stereocenters. The summed E-state index contributed by atoms with van der Waals surface area (Å²) in [4.78, 5) is 47.0. The first-order valence-electron chi connectivity index (χ1n) is 12.4. The van der Waals surface area contributed by atoms with E-state index in [9.17, 15) is 14.4 Å². The van der Waals surface area contributed by atoms with Gasteiger partial charge in [-0.25, -0.2) is 4.79 Å². The summed E-state index contributed by atoms with van der Waals surface area (Å²) in [5, 5.41) is 3.02. The Balaban J connectivity index is 1.60. The number of carbonyl (C=O) groups is 3. The fraction of sp³-hybridized carbons (Fsp3) is 0.310. The van der Waals surface area contributed by atoms with Crippen molar-refractivity contribution >= 4 is 29.4 Å². The van der Waals surface area contributed by atoms with Crippen LogP contribution in [0, 0.1) is 5.92 Å². The topological polar surface area (TPSA) is 108 Å². The predicted molar refractivity (Wildman–Crippen MR) is 145 cm³/mol. The molecule has 3 N–H and O–H groups in total. The van der Waals surface area contributed by atoms with Gasteiger partial charge < -0.3 is 16.0 Å². The molecule has 8 heteroatoms. The minimum Gasteiger partial charge on any atom is -0.384 e. The Morgan fingerprint density at radius 3 is 2.59 bits per heavy atom. The van der Waals surface area contributed by atoms with Crippen molar-refractivity contribution in [3.05, 3.63) is 90.0 Å². The monoisotopic (exact) mass is 499 g/mol. The van der Waals surface area contributed by atoms with Crippen molar-refractivity contribution in [1.29, 1.82) is 0 Å². The summed E-state index contributed by atoms with van der Waals surface area (Å²) >= 11 is 0. The Morgan fingerprint density at radius 2 is 1.89 bits per heavy atom. The van der Waals surface area contributed by atoms with Gasteiger partial charge in [0.05, 0.1) is 12.0 Å². The molecule has 0 bridgehead atoms. The van der Waals surface area contributed by atoms with Gasteiger partial charge in [-0.1, -0.05) is 55.1 Å². The number of hydrogen-bond donors (Lipinski definition) is 2. The number of β-lactam (4-membered cyclic amide) rings is 1. The number of hydrogen-bond acceptors (Lipinski definition) is 4. The molecule has 0 aromatic heterocycles. The summed E-state index contributed by atoms with van der Waals surface area (Å²) in [6.45, 7) is 3.81. The molecule has 0 radical (unpaired) electrons. The summed E-state index contributed by atoms with van der Waals surface area (Å²) < 4.78 is 0. The number of nitrogens with one attached hydrogen (secondary N) is 1. The van der Waals surface area contributed by atoms with E-state index in [1.165, 1.54) is 10.5 Å². The molecule has 1 aliphatic carbocycles. The molecule has 1 fully saturated rings. The van der Waals surface area contributed by atoms with Crippen molar-refractivity contribution in [3.63, 3.8) is 0 Å². The number of amides is 4. The second kappa shape index (κ2) is 11.2. The number of aliphatic imine (C=N–C) groups is 1. The molecule has 1 heterocycles. The molecule has 1 saturated heterocycles. The normalized spacial score (nSPS) is 21.5. The van der Waals surface area contributed by atoms with Gasteiger partial charge in [0, 0.05) is 19.8 Å². The Morgan fingerprint density at radius 1 is 1.19 bits per heavy atom. The van der Waals surface area contributed by atoms with E-state index in [0.717, 1.165) is 29.7 Å². The average Bonchev–Trinajstić information content (AvgIpc) is 2.93. The molecule has 0 spiro atoms. The number of allylic oxidation sites excluding steroid dienone is 2. The number of likely N-dealkylation sites (N-methyl/N-ethyl adjacent to an activating group) is 1. The van der Waals surface area contributed by atoms with E-state index in [1.807, 2.05) is 48.5 Å². The minimum absolute atomic E-state index is 0.212. The zero-order valence-corrected chi connectivity index (χ0v) is 21.3. The van der Waals surface area contributed by atoms with Crippen LogP contribution in [0.2, 0.25) is 0 Å². The van der Waals surface area contributed by atoms with Gasteiger partial charge in [-0.05, 0) is 60.6 Å². The highest BCUT2D eigenvalue weighted by Gasteiger charge is 2.55. The Labute approximate surface area is 217 Å². The van der Waals surface area contributed by atoms with Gasteiger partial charge in [0.1, 0.15) is 11.9 Å². The van der Waals surface area contributed by atoms with Crippen LogP contribution in [0.5, 0.6) is 0 Å². The maximum absolute atomic E-state index is 13.7. The van der Waals surface area contributed by atoms with Crippen LogP contribution in [0.3, 0.4) is 0 Å². The van der Waals surface area contributed by atoms with Gasteiger partial charge in [-0.3, -0.25) is 19.5 Å². The molecule has 2 aromatic rings. The molecule has 1 aliphatic heterocycles. The van der Waals surface area contributed by atoms with E-state index in [4.69, 9.17) is 5.73 Å². The lowest BCUT2D eigenvalue weighted by atomic mass is 9.81. The van der Waals surface area contributed by atoms with Crippen LogP contribution >= 0.6 is 0 Å². The summed E-state index contributed by atoms with van der Waals surface area (Å²) in [5.41, 5.74) is 9.44. The average molecular weight is 500 g/mol. The summed E-state index contributed by atoms with van der Waals surface area (Å²) in [5.74, 6) is -1.18. The molecule has 4 rings (SSSR count). The SMILES string of the molecule is C=C/C(=C\C(N)=NC)C[C@H]1C(=O)N(C(=O)NC2CCCc3ccccc32)[C@@H]1C(=O)N(C)c1ccccc1. The van der Waals surface area contributed by atoms with Crippen molar-refractivity contribution in [2.24, 2.45) is 16.6 Å². The fourth-order valence-electron chi connectivity index (χ4n) is 5.07. The van der Waals surface area contributed by atoms with Gasteiger partial charge in [0.2, 0.25) is 5.91 Å². The highest BCUT2D eigenvalue weighted by atomic mass is 16.2. The summed E-state index contributed by atoms with van der Waals surface area (Å²) in [6.07, 6.45) is 6.10. The number of benzene rings is 2. The minimum atomic E-state index is -0.959. The standard InChI is InChI=1S/C29H33N5O3/c1-4-19(18-25(30)31-2)17-23-26(28(36)33(3)21-13-6-5-7-14-21)34(27(23)35)29(37)32-24-16-10-12-20-11-8-9-15-22(20)24/h4-9,11,13-15,18,23-24,26H,1,10,12,16-17H2,2-3H3,(H2,30,31)(H,32,37)/b19-18+/t23-,24?,26+/m1/s1. The van der Waals surface area contributed by atoms with Gasteiger partial charge in [-0.2, -0.15) is 0 Å². The molecule has 3 atom stereocenters. The predicted octanol–water partition coefficient (Wildman–Crippen LogP) is 3.75. The third-order valence-corrected chi connectivity index (χ3v) is 7.14. The lowest BCUT2D eigenvalue weighted by Gasteiger charge is -2.46. The number of rotatable bonds is 7. The van der Waals surface area contributed by atoms with Crippen LogP contribution in [0.25, 0.3) is 0 Å². The summed E-state index contributed by atoms with van der Waals surface area (Å²) in [7, 11) is 3.22. The van der Waals surface area contributed by atoms with E-state index in [2.05, 4.69) is 23.0 Å². The van der Waals surface area contributed by atoms with Crippen molar-refractivity contribution in [3.8, 4) is 0 Å². The lowest BCUT2D eigenvalue weighted by Crippen LogP contribution is -2.70. The molecule has 192 valence electrons. The van der Waals surface area contributed by atoms with Crippen molar-refractivity contribution in [2.75, 3.05) is 19.0 Å². The third kappa shape index (κ3) is 5.33. The van der Waals surface area contributed by atoms with Gasteiger partial charge in [0.25, 0.3) is 5.91 Å². The maximum Gasteiger partial charge on any atom is 0.325 e. The largest absolute Gasteiger partial charge is 0.384 e. The number of anilines is 1. The first-order valence-corrected chi connectivity index (χ1v) is 12.4. The first-order chi connectivity index (χ1) is 17.8. The number of imide groups is 1. The van der Waals surface area contributed by atoms with E-state index >= 15 is 0 Å². The number of urea groups is 1. The zero-order chi connectivity index (χ0) is 26.5. The van der Waals surface area contributed by atoms with E-state index in [0.29, 0.717) is 11.3 Å². The smallest absolute Gasteiger partial charge is 0.325 e. The number of fused-ring (bicyclic) bond motifs is 1. The summed E-state index contributed by atoms with van der Waals surface area (Å²) in [6, 6.07) is 15.4. The van der Waals surface area contributed by atoms with Crippen LogP contribution in [0.1, 0.15) is 36.4 Å². The van der Waals surface area contributed by atoms with E-state index in [1.54, 1.807) is 26.2 Å². The zero-order valence-electron chi connectivity index (χ0n) is 21.3. The van der Waals surface area contributed by atoms with Crippen LogP contribution in [0.4, 0.5) is 10.5 Å². The quantitative estimate of drug-likeness (QED) is 0.262. The van der Waals surface area contributed by atoms with Gasteiger partial charge in [-0.15, -0.1) is 0 Å². The number of para-hydroxylation sites is 1. The van der Waals surface area contributed by atoms with E-state index in [-0.39, 0.29) is 24.2 Å². The molecule has 0 saturated carbocycles. The number of likely N-dealkylation sites (tertiary alicyclic amines) is 1. The van der Waals surface area contributed by atoms with Crippen molar-refractivity contribution in [1.82, 2.24) is 10.2 Å². The van der Waals surface area contributed by atoms with Crippen molar-refractivity contribution < 1.29 is 14.4 Å². The molecular formula is C29H33N5O3. The van der Waals surface area contributed by atoms with Gasteiger partial charge in [0.15, 0.2) is 0 Å². The highest BCUT2D eigenvalue weighted by Crippen LogP contribution is 2.36. The molecule has 4 amide bonds. The van der Waals surface area contributed by atoms with Crippen molar-refractivity contribution in [2.45, 2.75) is 37.8 Å². The number of nitrogens with two attached hydrogens (primary N) is 1. The van der Waals surface area contributed by atoms with Crippen LogP contribution < -0.4 is 16.0 Å². The molecule has 2 aromatic carbocycles. The third-order valence-electron chi connectivity index (χ3n) is 7.14. The number of aryl methyl sites for hydroxylation is 1. The molecular weight excluding hydrogens is 466 g/mol. The Bertz CT molecular complexity index is 1250. The highest BCUT2D eigenvalue weighted by molar-refractivity contribution is 6.12. The second-order valence-electron chi connectivity index (χ2n) is 9.36. The molecule has 8 nitrogen and oxygen atoms in total. The maximum atomic E-state index is 13.7. The number of nitrogens with zero attached hydrogens (tertiary/aromatic N) is 3. The van der Waals surface area contributed by atoms with Gasteiger partial charge >= 0.3 is 6.03 Å². The Hall–Kier alpha value is -4.20. The second-order valence-corrected chi connectivity index (χ2v) is 9.36. The number of amidine groups is 1. The van der Waals surface area contributed by atoms with E-state index < -0.39 is 23.9 Å². The van der Waals surface area contributed by atoms with Crippen LogP contribution in [0.15, 0.2) is 83.9 Å². The molecule has 2 aliphatic rings. The van der Waals surface area contributed by atoms with Crippen LogP contribution in [-0.4, -0.2) is 48.7 Å². The number of carbonyl (C=O) groups excluding carboxylic acids is 3.